The van der Waals surface area contributed by atoms with Crippen LogP contribution < -0.4 is 0 Å². The predicted octanol–water partition coefficient (Wildman–Crippen LogP) is 0.112. The van der Waals surface area contributed by atoms with E-state index in [1.54, 1.807) is 0 Å². The van der Waals surface area contributed by atoms with Crippen LogP contribution in [0.25, 0.3) is 0 Å². The van der Waals surface area contributed by atoms with E-state index in [1.165, 1.54) is 6.92 Å². The molecule has 0 aromatic carbocycles. The van der Waals surface area contributed by atoms with Crippen molar-refractivity contribution >= 4 is 14.4 Å². The molecule has 0 aliphatic carbocycles. The minimum Gasteiger partial charge on any atom is -0.480 e. The molecule has 2 atom stereocenters. The molecule has 0 aliphatic heterocycles. The van der Waals surface area contributed by atoms with E-state index in [2.05, 4.69) is 0 Å². The van der Waals surface area contributed by atoms with Gasteiger partial charge in [-0.2, -0.15) is 0 Å². The van der Waals surface area contributed by atoms with Crippen molar-refractivity contribution < 1.29 is 19.6 Å². The van der Waals surface area contributed by atoms with E-state index in [0.29, 0.717) is 0 Å². The van der Waals surface area contributed by atoms with Gasteiger partial charge in [0.15, 0.2) is 14.1 Å². The zero-order valence-corrected chi connectivity index (χ0v) is 5.71. The number of rotatable bonds is 3. The molecule has 0 amide bonds. The molecule has 9 heavy (non-hydrogen) atoms. The number of carboxylic acid groups (broad SMARTS) is 1. The van der Waals surface area contributed by atoms with Crippen LogP contribution in [0.4, 0.5) is 0 Å². The Bertz CT molecular complexity index is 122. The van der Waals surface area contributed by atoms with Crippen LogP contribution in [0.1, 0.15) is 6.92 Å². The number of hydrogen-bond donors (Lipinski definition) is 2. The fourth-order valence-electron chi connectivity index (χ4n) is 0.340. The maximum atomic E-state index is 10.0. The van der Waals surface area contributed by atoms with E-state index in [0.717, 1.165) is 0 Å². The number of aliphatic hydroxyl groups excluding tert-OH is 1. The molecule has 0 radical (unpaired) electrons. The van der Waals surface area contributed by atoms with Crippen LogP contribution in [0.3, 0.4) is 0 Å². The molecule has 4 nitrogen and oxygen atoms in total. The van der Waals surface area contributed by atoms with E-state index < -0.39 is 26.2 Å². The van der Waals surface area contributed by atoms with Gasteiger partial charge in [-0.15, -0.1) is 0 Å². The van der Waals surface area contributed by atoms with Gasteiger partial charge in [0.2, 0.25) is 0 Å². The average Bonchev–Trinajstić information content (AvgIpc) is 1.64. The highest BCUT2D eigenvalue weighted by Gasteiger charge is 2.22. The van der Waals surface area contributed by atoms with Crippen molar-refractivity contribution in [1.82, 2.24) is 0 Å². The third-order valence-electron chi connectivity index (χ3n) is 0.824. The highest BCUT2D eigenvalue weighted by atomic mass is 31.1. The third-order valence-corrected chi connectivity index (χ3v) is 1.70. The van der Waals surface area contributed by atoms with E-state index in [9.17, 15) is 9.36 Å². The van der Waals surface area contributed by atoms with Crippen LogP contribution in [0, 0.1) is 0 Å². The lowest BCUT2D eigenvalue weighted by atomic mass is 10.3. The SMILES string of the molecule is CC(O)C(P=O)C(=O)O. The summed E-state index contributed by atoms with van der Waals surface area (Å²) in [5, 5.41) is 16.8. The summed E-state index contributed by atoms with van der Waals surface area (Å²) >= 11 is 0. The van der Waals surface area contributed by atoms with Crippen molar-refractivity contribution in [2.45, 2.75) is 18.7 Å². The van der Waals surface area contributed by atoms with Crippen molar-refractivity contribution in [2.75, 3.05) is 0 Å². The first-order valence-corrected chi connectivity index (χ1v) is 3.21. The Hall–Kier alpha value is -0.470. The molecule has 0 saturated heterocycles. The molecular formula is C4H7O4P. The molecule has 0 aliphatic rings. The first-order chi connectivity index (χ1) is 4.09. The van der Waals surface area contributed by atoms with Crippen molar-refractivity contribution in [3.05, 3.63) is 0 Å². The van der Waals surface area contributed by atoms with Crippen molar-refractivity contribution in [2.24, 2.45) is 0 Å². The van der Waals surface area contributed by atoms with Crippen LogP contribution in [0.15, 0.2) is 0 Å². The Kier molecular flexibility index (Phi) is 3.35. The summed E-state index contributed by atoms with van der Waals surface area (Å²) in [7, 11) is -0.552. The molecule has 0 aromatic heterocycles. The van der Waals surface area contributed by atoms with Gasteiger partial charge >= 0.3 is 5.97 Å². The van der Waals surface area contributed by atoms with Crippen molar-refractivity contribution in [3.63, 3.8) is 0 Å². The minimum atomic E-state index is -1.25. The van der Waals surface area contributed by atoms with Crippen LogP contribution in [-0.4, -0.2) is 27.9 Å². The Morgan fingerprint density at radius 2 is 2.11 bits per heavy atom. The topological polar surface area (TPSA) is 74.6 Å². The third kappa shape index (κ3) is 2.54. The van der Waals surface area contributed by atoms with Crippen molar-refractivity contribution in [3.8, 4) is 0 Å². The molecule has 0 aromatic rings. The summed E-state index contributed by atoms with van der Waals surface area (Å²) in [5.74, 6) is -1.25. The quantitative estimate of drug-likeness (QED) is 0.560. The van der Waals surface area contributed by atoms with Gasteiger partial charge in [-0.1, -0.05) is 0 Å². The Morgan fingerprint density at radius 1 is 1.67 bits per heavy atom. The number of hydrogen-bond acceptors (Lipinski definition) is 3. The fourth-order valence-corrected chi connectivity index (χ4v) is 0.606. The molecule has 0 bridgehead atoms. The Balaban J connectivity index is 3.98. The van der Waals surface area contributed by atoms with Crippen LogP contribution in [0.5, 0.6) is 0 Å². The van der Waals surface area contributed by atoms with E-state index >= 15 is 0 Å². The van der Waals surface area contributed by atoms with Gasteiger partial charge in [-0.05, 0) is 6.92 Å². The second-order valence-corrected chi connectivity index (χ2v) is 2.40. The number of aliphatic hydroxyl groups is 1. The van der Waals surface area contributed by atoms with E-state index in [-0.39, 0.29) is 0 Å². The maximum Gasteiger partial charge on any atom is 0.320 e. The second-order valence-electron chi connectivity index (χ2n) is 1.63. The molecule has 2 unspecified atom stereocenters. The van der Waals surface area contributed by atoms with E-state index in [4.69, 9.17) is 10.2 Å². The summed E-state index contributed by atoms with van der Waals surface area (Å²) in [6, 6.07) is 0. The van der Waals surface area contributed by atoms with Crippen LogP contribution in [-0.2, 0) is 9.36 Å². The van der Waals surface area contributed by atoms with E-state index in [1.807, 2.05) is 0 Å². The van der Waals surface area contributed by atoms with Crippen molar-refractivity contribution in [1.29, 1.82) is 0 Å². The average molecular weight is 150 g/mol. The molecule has 0 fully saturated rings. The maximum absolute atomic E-state index is 10.0. The summed E-state index contributed by atoms with van der Waals surface area (Å²) in [5.41, 5.74) is -1.19. The second kappa shape index (κ2) is 3.54. The monoisotopic (exact) mass is 150 g/mol. The summed E-state index contributed by atoms with van der Waals surface area (Å²) in [4.78, 5) is 10.0. The summed E-state index contributed by atoms with van der Waals surface area (Å²) < 4.78 is 9.94. The minimum absolute atomic E-state index is 0.552. The van der Waals surface area contributed by atoms with Gasteiger partial charge < -0.3 is 10.2 Å². The van der Waals surface area contributed by atoms with Gasteiger partial charge in [0, 0.05) is 0 Å². The lowest BCUT2D eigenvalue weighted by Gasteiger charge is -2.04. The number of carbonyl (C=O) groups is 1. The highest BCUT2D eigenvalue weighted by molar-refractivity contribution is 7.26. The molecule has 0 saturated carbocycles. The molecule has 5 heteroatoms. The summed E-state index contributed by atoms with van der Waals surface area (Å²) in [6.45, 7) is 1.28. The predicted molar refractivity (Wildman–Crippen MR) is 30.7 cm³/mol. The fraction of sp³-hybridized carbons (Fsp3) is 0.750. The van der Waals surface area contributed by atoms with Gasteiger partial charge in [0.25, 0.3) is 0 Å². The van der Waals surface area contributed by atoms with Gasteiger partial charge in [0.05, 0.1) is 6.10 Å². The molecule has 2 N–H and O–H groups in total. The molecule has 0 rings (SSSR count). The van der Waals surface area contributed by atoms with Crippen LogP contribution in [0.2, 0.25) is 0 Å². The first kappa shape index (κ1) is 8.53. The standard InChI is InChI=1S/C4H7O4P/c1-2(5)3(9-8)4(6)7/h2-3,5H,1H3,(H,6,7). The van der Waals surface area contributed by atoms with Gasteiger partial charge in [-0.3, -0.25) is 9.36 Å². The largest absolute Gasteiger partial charge is 0.480 e. The Morgan fingerprint density at radius 3 is 2.11 bits per heavy atom. The number of aliphatic carboxylic acids is 1. The van der Waals surface area contributed by atoms with Gasteiger partial charge in [0.1, 0.15) is 0 Å². The lowest BCUT2D eigenvalue weighted by Crippen LogP contribution is -2.25. The summed E-state index contributed by atoms with van der Waals surface area (Å²) in [6.07, 6.45) is -1.07. The molecule has 52 valence electrons. The molecule has 0 spiro atoms. The lowest BCUT2D eigenvalue weighted by molar-refractivity contribution is -0.138. The zero-order chi connectivity index (χ0) is 7.44. The number of carboxylic acids is 1. The highest BCUT2D eigenvalue weighted by Crippen LogP contribution is 2.10. The van der Waals surface area contributed by atoms with Gasteiger partial charge in [-0.25, -0.2) is 0 Å². The normalized spacial score (nSPS) is 17.1. The first-order valence-electron chi connectivity index (χ1n) is 2.33. The molecular weight excluding hydrogens is 143 g/mol. The zero-order valence-electron chi connectivity index (χ0n) is 4.81. The Labute approximate surface area is 53.7 Å². The smallest absolute Gasteiger partial charge is 0.320 e. The molecule has 0 heterocycles. The van der Waals surface area contributed by atoms with Crippen LogP contribution >= 0.6 is 8.46 Å².